The first-order valence-electron chi connectivity index (χ1n) is 11.9. The molecule has 1 fully saturated rings. The second-order valence-corrected chi connectivity index (χ2v) is 8.84. The number of aliphatic hydroxyl groups is 1. The first-order valence-corrected chi connectivity index (χ1v) is 11.9. The maximum atomic E-state index is 12.2. The van der Waals surface area contributed by atoms with E-state index in [1.807, 2.05) is 23.1 Å². The molecule has 172 valence electrons. The molecule has 1 heterocycles. The van der Waals surface area contributed by atoms with E-state index in [9.17, 15) is 14.7 Å². The molecule has 3 atom stereocenters. The van der Waals surface area contributed by atoms with Gasteiger partial charge in [0, 0.05) is 19.4 Å². The van der Waals surface area contributed by atoms with Crippen molar-refractivity contribution < 1.29 is 19.8 Å². The Morgan fingerprint density at radius 1 is 1.13 bits per heavy atom. The highest BCUT2D eigenvalue weighted by molar-refractivity contribution is 5.79. The van der Waals surface area contributed by atoms with Crippen LogP contribution in [0.1, 0.15) is 76.7 Å². The van der Waals surface area contributed by atoms with Gasteiger partial charge in [-0.25, -0.2) is 0 Å². The van der Waals surface area contributed by atoms with Crippen LogP contribution in [0.4, 0.5) is 0 Å². The maximum Gasteiger partial charge on any atom is 0.303 e. The number of carboxylic acid groups (broad SMARTS) is 1. The highest BCUT2D eigenvalue weighted by atomic mass is 16.4. The smallest absolute Gasteiger partial charge is 0.303 e. The SMILES string of the molecule is C[C@H](CCCCc1ccccc1)[C@H](O)C=CC1CCC(=O)N1CCCCCCC(=O)O. The summed E-state index contributed by atoms with van der Waals surface area (Å²) in [5.74, 6) is -0.362. The van der Waals surface area contributed by atoms with E-state index in [0.29, 0.717) is 19.4 Å². The van der Waals surface area contributed by atoms with Crippen LogP contribution in [0.5, 0.6) is 0 Å². The molecule has 1 unspecified atom stereocenters. The molecular weight excluding hydrogens is 390 g/mol. The summed E-state index contributed by atoms with van der Waals surface area (Å²) in [4.78, 5) is 24.7. The van der Waals surface area contributed by atoms with Crippen molar-refractivity contribution in [3.63, 3.8) is 0 Å². The lowest BCUT2D eigenvalue weighted by Gasteiger charge is -2.23. The number of carboxylic acids is 1. The van der Waals surface area contributed by atoms with Gasteiger partial charge in [-0.05, 0) is 50.0 Å². The first-order chi connectivity index (χ1) is 15.0. The minimum Gasteiger partial charge on any atom is -0.481 e. The number of rotatable bonds is 15. The van der Waals surface area contributed by atoms with Gasteiger partial charge >= 0.3 is 5.97 Å². The van der Waals surface area contributed by atoms with E-state index >= 15 is 0 Å². The minimum atomic E-state index is -0.746. The van der Waals surface area contributed by atoms with E-state index in [4.69, 9.17) is 5.11 Å². The molecule has 0 aliphatic carbocycles. The Balaban J connectivity index is 1.66. The van der Waals surface area contributed by atoms with Crippen LogP contribution >= 0.6 is 0 Å². The number of amides is 1. The Hall–Kier alpha value is -2.14. The number of nitrogens with zero attached hydrogens (tertiary/aromatic N) is 1. The number of carbonyl (C=O) groups is 2. The van der Waals surface area contributed by atoms with E-state index in [0.717, 1.165) is 51.4 Å². The van der Waals surface area contributed by atoms with Crippen molar-refractivity contribution in [1.29, 1.82) is 0 Å². The molecule has 31 heavy (non-hydrogen) atoms. The topological polar surface area (TPSA) is 77.8 Å². The van der Waals surface area contributed by atoms with Crippen LogP contribution in [0.2, 0.25) is 0 Å². The van der Waals surface area contributed by atoms with E-state index < -0.39 is 12.1 Å². The summed E-state index contributed by atoms with van der Waals surface area (Å²) in [6.07, 6.45) is 12.7. The number of hydrogen-bond donors (Lipinski definition) is 2. The molecule has 0 aromatic heterocycles. The van der Waals surface area contributed by atoms with Crippen LogP contribution in [0, 0.1) is 5.92 Å². The quantitative estimate of drug-likeness (QED) is 0.304. The molecule has 0 radical (unpaired) electrons. The number of carbonyl (C=O) groups excluding carboxylic acids is 1. The van der Waals surface area contributed by atoms with E-state index in [1.54, 1.807) is 0 Å². The van der Waals surface area contributed by atoms with Gasteiger partial charge in [-0.1, -0.05) is 68.7 Å². The van der Waals surface area contributed by atoms with Gasteiger partial charge in [0.15, 0.2) is 0 Å². The van der Waals surface area contributed by atoms with E-state index in [-0.39, 0.29) is 24.3 Å². The molecule has 5 heteroatoms. The van der Waals surface area contributed by atoms with Crippen molar-refractivity contribution in [1.82, 2.24) is 4.90 Å². The Morgan fingerprint density at radius 2 is 1.87 bits per heavy atom. The van der Waals surface area contributed by atoms with Crippen molar-refractivity contribution >= 4 is 11.9 Å². The average Bonchev–Trinajstić information content (AvgIpc) is 3.11. The second-order valence-electron chi connectivity index (χ2n) is 8.84. The number of aryl methyl sites for hydroxylation is 1. The average molecular weight is 430 g/mol. The Kier molecular flexibility index (Phi) is 11.4. The number of aliphatic carboxylic acids is 1. The largest absolute Gasteiger partial charge is 0.481 e. The lowest BCUT2D eigenvalue weighted by molar-refractivity contribution is -0.137. The van der Waals surface area contributed by atoms with Gasteiger partial charge in [-0.15, -0.1) is 0 Å². The fourth-order valence-corrected chi connectivity index (χ4v) is 4.20. The third-order valence-corrected chi connectivity index (χ3v) is 6.25. The van der Waals surface area contributed by atoms with Crippen molar-refractivity contribution in [2.24, 2.45) is 5.92 Å². The van der Waals surface area contributed by atoms with Crippen LogP contribution in [-0.2, 0) is 16.0 Å². The zero-order valence-electron chi connectivity index (χ0n) is 18.9. The molecule has 5 nitrogen and oxygen atoms in total. The summed E-state index contributed by atoms with van der Waals surface area (Å²) >= 11 is 0. The molecule has 0 bridgehead atoms. The van der Waals surface area contributed by atoms with Gasteiger partial charge in [0.05, 0.1) is 12.1 Å². The predicted octanol–water partition coefficient (Wildman–Crippen LogP) is 4.98. The fraction of sp³-hybridized carbons (Fsp3) is 0.615. The van der Waals surface area contributed by atoms with Crippen LogP contribution in [0.3, 0.4) is 0 Å². The van der Waals surface area contributed by atoms with Crippen LogP contribution < -0.4 is 0 Å². The molecule has 1 aliphatic rings. The molecule has 2 N–H and O–H groups in total. The van der Waals surface area contributed by atoms with Crippen molar-refractivity contribution in [2.75, 3.05) is 6.54 Å². The van der Waals surface area contributed by atoms with E-state index in [1.165, 1.54) is 5.56 Å². The maximum absolute atomic E-state index is 12.2. The first kappa shape index (κ1) is 25.1. The fourth-order valence-electron chi connectivity index (χ4n) is 4.20. The molecular formula is C26H39NO4. The standard InChI is InChI=1S/C26H39NO4/c1-21(11-8-9-14-22-12-5-4-6-13-22)24(28)18-16-23-17-19-25(29)27(23)20-10-3-2-7-15-26(30)31/h4-6,12-13,16,18,21,23-24,28H,2-3,7-11,14-15,17,19-20H2,1H3,(H,30,31)/t21-,23?,24-/m1/s1. The summed E-state index contributed by atoms with van der Waals surface area (Å²) in [5.41, 5.74) is 1.36. The molecule has 1 aromatic carbocycles. The molecule has 1 aromatic rings. The zero-order chi connectivity index (χ0) is 22.5. The second kappa shape index (κ2) is 14.0. The van der Waals surface area contributed by atoms with Crippen molar-refractivity contribution in [3.05, 3.63) is 48.0 Å². The third kappa shape index (κ3) is 9.69. The number of likely N-dealkylation sites (tertiary alicyclic amines) is 1. The highest BCUT2D eigenvalue weighted by Gasteiger charge is 2.28. The Morgan fingerprint density at radius 3 is 2.61 bits per heavy atom. The summed E-state index contributed by atoms with van der Waals surface area (Å²) in [7, 11) is 0. The summed E-state index contributed by atoms with van der Waals surface area (Å²) in [6.45, 7) is 2.80. The van der Waals surface area contributed by atoms with Gasteiger partial charge in [0.1, 0.15) is 0 Å². The Labute approximate surface area is 187 Å². The monoisotopic (exact) mass is 429 g/mol. The highest BCUT2D eigenvalue weighted by Crippen LogP contribution is 2.22. The number of hydrogen-bond acceptors (Lipinski definition) is 3. The molecule has 1 amide bonds. The predicted molar refractivity (Wildman–Crippen MR) is 124 cm³/mol. The summed E-state index contributed by atoms with van der Waals surface area (Å²) in [5, 5.41) is 19.2. The van der Waals surface area contributed by atoms with Crippen LogP contribution in [0.15, 0.2) is 42.5 Å². The summed E-state index contributed by atoms with van der Waals surface area (Å²) in [6, 6.07) is 10.6. The van der Waals surface area contributed by atoms with Crippen molar-refractivity contribution in [2.45, 2.75) is 89.7 Å². The Bertz CT molecular complexity index is 688. The van der Waals surface area contributed by atoms with Gasteiger partial charge in [-0.3, -0.25) is 9.59 Å². The van der Waals surface area contributed by atoms with Gasteiger partial charge in [0.25, 0.3) is 0 Å². The summed E-state index contributed by atoms with van der Waals surface area (Å²) < 4.78 is 0. The van der Waals surface area contributed by atoms with Gasteiger partial charge < -0.3 is 15.1 Å². The van der Waals surface area contributed by atoms with Crippen LogP contribution in [-0.4, -0.2) is 45.7 Å². The van der Waals surface area contributed by atoms with E-state index in [2.05, 4.69) is 31.2 Å². The minimum absolute atomic E-state index is 0.0754. The molecule has 2 rings (SSSR count). The molecule has 1 saturated heterocycles. The van der Waals surface area contributed by atoms with Crippen molar-refractivity contribution in [3.8, 4) is 0 Å². The van der Waals surface area contributed by atoms with Crippen LogP contribution in [0.25, 0.3) is 0 Å². The lowest BCUT2D eigenvalue weighted by Crippen LogP contribution is -2.33. The lowest BCUT2D eigenvalue weighted by atomic mass is 9.95. The zero-order valence-corrected chi connectivity index (χ0v) is 18.9. The number of benzene rings is 1. The van der Waals surface area contributed by atoms with Gasteiger partial charge in [-0.2, -0.15) is 0 Å². The number of aliphatic hydroxyl groups excluding tert-OH is 1. The molecule has 1 aliphatic heterocycles. The van der Waals surface area contributed by atoms with Gasteiger partial charge in [0.2, 0.25) is 5.91 Å². The third-order valence-electron chi connectivity index (χ3n) is 6.25. The number of unbranched alkanes of at least 4 members (excludes halogenated alkanes) is 4. The normalized spacial score (nSPS) is 18.6. The molecule has 0 saturated carbocycles. The molecule has 0 spiro atoms.